The van der Waals surface area contributed by atoms with Gasteiger partial charge in [-0.1, -0.05) is 38.1 Å². The highest BCUT2D eigenvalue weighted by Gasteiger charge is 2.21. The second kappa shape index (κ2) is 6.15. The van der Waals surface area contributed by atoms with E-state index in [4.69, 9.17) is 11.5 Å². The molecule has 1 rings (SSSR count). The monoisotopic (exact) mass is 235 g/mol. The van der Waals surface area contributed by atoms with Crippen LogP contribution in [-0.4, -0.2) is 25.7 Å². The topological polar surface area (TPSA) is 64.1 Å². The van der Waals surface area contributed by atoms with E-state index in [9.17, 15) is 0 Å². The fourth-order valence-corrected chi connectivity index (χ4v) is 2.08. The summed E-state index contributed by atoms with van der Waals surface area (Å²) in [7, 11) is 0. The van der Waals surface area contributed by atoms with Gasteiger partial charge in [0.05, 0.1) is 0 Å². The summed E-state index contributed by atoms with van der Waals surface area (Å²) in [5.41, 5.74) is 14.1. The first-order valence-corrected chi connectivity index (χ1v) is 6.20. The summed E-state index contributed by atoms with van der Waals surface area (Å²) in [5, 5.41) is 3.40. The molecule has 1 atom stereocenters. The zero-order valence-electron chi connectivity index (χ0n) is 11.2. The third kappa shape index (κ3) is 4.11. The Balaban J connectivity index is 2.60. The molecule has 0 fully saturated rings. The van der Waals surface area contributed by atoms with E-state index in [1.165, 1.54) is 11.1 Å². The second-order valence-electron chi connectivity index (χ2n) is 5.33. The molecule has 3 nitrogen and oxygen atoms in total. The van der Waals surface area contributed by atoms with Gasteiger partial charge in [0.1, 0.15) is 0 Å². The summed E-state index contributed by atoms with van der Waals surface area (Å²) >= 11 is 0. The van der Waals surface area contributed by atoms with E-state index in [2.05, 4.69) is 50.4 Å². The van der Waals surface area contributed by atoms with Crippen molar-refractivity contribution >= 4 is 0 Å². The normalized spacial score (nSPS) is 13.7. The molecule has 0 aromatic heterocycles. The van der Waals surface area contributed by atoms with Crippen LogP contribution >= 0.6 is 0 Å². The molecule has 0 saturated carbocycles. The van der Waals surface area contributed by atoms with Gasteiger partial charge < -0.3 is 16.8 Å². The van der Waals surface area contributed by atoms with Gasteiger partial charge in [0, 0.05) is 31.1 Å². The van der Waals surface area contributed by atoms with Crippen molar-refractivity contribution in [1.29, 1.82) is 0 Å². The summed E-state index contributed by atoms with van der Waals surface area (Å²) in [6.07, 6.45) is 0. The van der Waals surface area contributed by atoms with Gasteiger partial charge in [-0.05, 0) is 18.1 Å². The fourth-order valence-electron chi connectivity index (χ4n) is 2.08. The molecule has 0 aliphatic carbocycles. The van der Waals surface area contributed by atoms with E-state index in [0.717, 1.165) is 13.1 Å². The van der Waals surface area contributed by atoms with Crippen LogP contribution < -0.4 is 16.8 Å². The van der Waals surface area contributed by atoms with Crippen molar-refractivity contribution in [2.24, 2.45) is 11.5 Å². The molecule has 3 heteroatoms. The number of rotatable bonds is 6. The first kappa shape index (κ1) is 14.2. The Kier molecular flexibility index (Phi) is 5.12. The molecule has 0 amide bonds. The van der Waals surface area contributed by atoms with Crippen molar-refractivity contribution in [3.8, 4) is 0 Å². The van der Waals surface area contributed by atoms with E-state index in [0.29, 0.717) is 6.54 Å². The molecular weight excluding hydrogens is 210 g/mol. The van der Waals surface area contributed by atoms with Crippen LogP contribution in [0.5, 0.6) is 0 Å². The van der Waals surface area contributed by atoms with Crippen LogP contribution in [-0.2, 0) is 5.41 Å². The van der Waals surface area contributed by atoms with Gasteiger partial charge in [-0.2, -0.15) is 0 Å². The summed E-state index contributed by atoms with van der Waals surface area (Å²) in [5.74, 6) is 0. The standard InChI is InChI=1S/C14H25N3/c1-11-6-4-5-7-13(11)14(2,3)10-17-9-12(16)8-15/h4-7,12,17H,8-10,15-16H2,1-3H3. The molecule has 0 saturated heterocycles. The number of hydrogen-bond acceptors (Lipinski definition) is 3. The highest BCUT2D eigenvalue weighted by Crippen LogP contribution is 2.25. The molecule has 1 aromatic rings. The summed E-state index contributed by atoms with van der Waals surface area (Å²) in [4.78, 5) is 0. The highest BCUT2D eigenvalue weighted by atomic mass is 14.9. The van der Waals surface area contributed by atoms with E-state index in [1.54, 1.807) is 0 Å². The average molecular weight is 235 g/mol. The Labute approximate surface area is 105 Å². The SMILES string of the molecule is Cc1ccccc1C(C)(C)CNCC(N)CN. The van der Waals surface area contributed by atoms with Crippen LogP contribution in [0.2, 0.25) is 0 Å². The van der Waals surface area contributed by atoms with Crippen molar-refractivity contribution in [1.82, 2.24) is 5.32 Å². The van der Waals surface area contributed by atoms with Crippen LogP contribution in [0.15, 0.2) is 24.3 Å². The maximum Gasteiger partial charge on any atom is 0.0290 e. The molecule has 0 bridgehead atoms. The van der Waals surface area contributed by atoms with Crippen molar-refractivity contribution in [2.45, 2.75) is 32.2 Å². The van der Waals surface area contributed by atoms with Crippen LogP contribution in [0, 0.1) is 6.92 Å². The number of aryl methyl sites for hydroxylation is 1. The molecule has 0 aliphatic heterocycles. The van der Waals surface area contributed by atoms with E-state index in [1.807, 2.05) is 0 Å². The Bertz CT molecular complexity index is 347. The third-order valence-corrected chi connectivity index (χ3v) is 3.15. The van der Waals surface area contributed by atoms with Crippen molar-refractivity contribution in [3.05, 3.63) is 35.4 Å². The van der Waals surface area contributed by atoms with Gasteiger partial charge in [-0.3, -0.25) is 0 Å². The molecule has 0 radical (unpaired) electrons. The van der Waals surface area contributed by atoms with Gasteiger partial charge in [-0.15, -0.1) is 0 Å². The molecule has 1 aromatic carbocycles. The van der Waals surface area contributed by atoms with E-state index in [-0.39, 0.29) is 11.5 Å². The molecule has 0 heterocycles. The third-order valence-electron chi connectivity index (χ3n) is 3.15. The molecule has 5 N–H and O–H groups in total. The van der Waals surface area contributed by atoms with Gasteiger partial charge in [-0.25, -0.2) is 0 Å². The smallest absolute Gasteiger partial charge is 0.0290 e. The number of nitrogens with one attached hydrogen (secondary N) is 1. The van der Waals surface area contributed by atoms with E-state index >= 15 is 0 Å². The van der Waals surface area contributed by atoms with E-state index < -0.39 is 0 Å². The number of nitrogens with two attached hydrogens (primary N) is 2. The molecular formula is C14H25N3. The van der Waals surface area contributed by atoms with Crippen LogP contribution in [0.1, 0.15) is 25.0 Å². The Morgan fingerprint density at radius 3 is 2.53 bits per heavy atom. The van der Waals surface area contributed by atoms with Crippen molar-refractivity contribution in [3.63, 3.8) is 0 Å². The molecule has 0 aliphatic rings. The average Bonchev–Trinajstić information content (AvgIpc) is 2.28. The summed E-state index contributed by atoms with van der Waals surface area (Å²) in [6.45, 7) is 8.85. The van der Waals surface area contributed by atoms with Gasteiger partial charge in [0.15, 0.2) is 0 Å². The highest BCUT2D eigenvalue weighted by molar-refractivity contribution is 5.32. The summed E-state index contributed by atoms with van der Waals surface area (Å²) in [6, 6.07) is 8.56. The zero-order chi connectivity index (χ0) is 12.9. The van der Waals surface area contributed by atoms with Crippen LogP contribution in [0.25, 0.3) is 0 Å². The van der Waals surface area contributed by atoms with Crippen molar-refractivity contribution in [2.75, 3.05) is 19.6 Å². The molecule has 96 valence electrons. The summed E-state index contributed by atoms with van der Waals surface area (Å²) < 4.78 is 0. The lowest BCUT2D eigenvalue weighted by atomic mass is 9.82. The minimum Gasteiger partial charge on any atom is -0.329 e. The van der Waals surface area contributed by atoms with Gasteiger partial charge >= 0.3 is 0 Å². The maximum atomic E-state index is 5.78. The zero-order valence-corrected chi connectivity index (χ0v) is 11.2. The largest absolute Gasteiger partial charge is 0.329 e. The Morgan fingerprint density at radius 1 is 1.29 bits per heavy atom. The van der Waals surface area contributed by atoms with Crippen LogP contribution in [0.3, 0.4) is 0 Å². The maximum absolute atomic E-state index is 5.78. The minimum atomic E-state index is 0.0441. The molecule has 1 unspecified atom stereocenters. The Hall–Kier alpha value is -0.900. The first-order valence-electron chi connectivity index (χ1n) is 6.20. The molecule has 17 heavy (non-hydrogen) atoms. The predicted octanol–water partition coefficient (Wildman–Crippen LogP) is 1.15. The quantitative estimate of drug-likeness (QED) is 0.693. The number of benzene rings is 1. The minimum absolute atomic E-state index is 0.0441. The molecule has 0 spiro atoms. The Morgan fingerprint density at radius 2 is 1.94 bits per heavy atom. The second-order valence-corrected chi connectivity index (χ2v) is 5.33. The lowest BCUT2D eigenvalue weighted by molar-refractivity contribution is 0.452. The van der Waals surface area contributed by atoms with Gasteiger partial charge in [0.2, 0.25) is 0 Å². The lowest BCUT2D eigenvalue weighted by Gasteiger charge is -2.28. The number of hydrogen-bond donors (Lipinski definition) is 3. The predicted molar refractivity (Wildman–Crippen MR) is 74.1 cm³/mol. The fraction of sp³-hybridized carbons (Fsp3) is 0.571. The first-order chi connectivity index (χ1) is 7.97. The van der Waals surface area contributed by atoms with Gasteiger partial charge in [0.25, 0.3) is 0 Å². The lowest BCUT2D eigenvalue weighted by Crippen LogP contribution is -2.43. The van der Waals surface area contributed by atoms with Crippen molar-refractivity contribution < 1.29 is 0 Å². The van der Waals surface area contributed by atoms with Crippen LogP contribution in [0.4, 0.5) is 0 Å².